The van der Waals surface area contributed by atoms with E-state index in [-0.39, 0.29) is 17.9 Å². The molecule has 2 aromatic carbocycles. The maximum atomic E-state index is 12.5. The second-order valence-corrected chi connectivity index (χ2v) is 8.95. The molecular formula is C22H23N5O3S. The van der Waals surface area contributed by atoms with E-state index in [0.717, 1.165) is 10.6 Å². The number of anilines is 1. The molecule has 8 nitrogen and oxygen atoms in total. The first-order valence-electron chi connectivity index (χ1n) is 9.72. The molecule has 0 aliphatic rings. The Hall–Kier alpha value is -3.46. The molecule has 0 saturated carbocycles. The zero-order valence-electron chi connectivity index (χ0n) is 17.7. The molecule has 0 atom stereocenters. The van der Waals surface area contributed by atoms with E-state index in [1.165, 1.54) is 16.9 Å². The molecule has 0 bridgehead atoms. The van der Waals surface area contributed by atoms with Crippen molar-refractivity contribution in [3.8, 4) is 22.1 Å². The van der Waals surface area contributed by atoms with E-state index >= 15 is 0 Å². The summed E-state index contributed by atoms with van der Waals surface area (Å²) in [6.45, 7) is 6.34. The van der Waals surface area contributed by atoms with Crippen LogP contribution in [0, 0.1) is 0 Å². The van der Waals surface area contributed by atoms with Gasteiger partial charge in [-0.15, -0.1) is 10.2 Å². The molecule has 160 valence electrons. The van der Waals surface area contributed by atoms with Crippen LogP contribution in [0.3, 0.4) is 0 Å². The highest BCUT2D eigenvalue weighted by Gasteiger charge is 2.15. The lowest BCUT2D eigenvalue weighted by molar-refractivity contribution is -0.118. The van der Waals surface area contributed by atoms with Crippen molar-refractivity contribution in [1.29, 1.82) is 0 Å². The summed E-state index contributed by atoms with van der Waals surface area (Å²) in [5.41, 5.74) is 2.65. The molecule has 2 heterocycles. The summed E-state index contributed by atoms with van der Waals surface area (Å²) in [6, 6.07) is 13.3. The molecule has 0 radical (unpaired) electrons. The molecule has 0 aliphatic heterocycles. The summed E-state index contributed by atoms with van der Waals surface area (Å²) in [5.74, 6) is 0.909. The molecule has 0 saturated heterocycles. The number of carbonyl (C=O) groups is 1. The van der Waals surface area contributed by atoms with Crippen molar-refractivity contribution in [1.82, 2.24) is 19.8 Å². The first-order chi connectivity index (χ1) is 14.8. The minimum absolute atomic E-state index is 0.0639. The summed E-state index contributed by atoms with van der Waals surface area (Å²) >= 11 is 1.41. The lowest BCUT2D eigenvalue weighted by Crippen LogP contribution is -2.20. The Labute approximate surface area is 183 Å². The number of nitrogens with one attached hydrogen (secondary N) is 1. The average Bonchev–Trinajstić information content (AvgIpc) is 3.34. The van der Waals surface area contributed by atoms with E-state index < -0.39 is 0 Å². The molecule has 31 heavy (non-hydrogen) atoms. The molecule has 4 rings (SSSR count). The normalized spacial score (nSPS) is 11.5. The lowest BCUT2D eigenvalue weighted by atomic mass is 9.87. The molecule has 9 heteroatoms. The molecule has 0 spiro atoms. The van der Waals surface area contributed by atoms with Crippen molar-refractivity contribution < 1.29 is 14.3 Å². The SMILES string of the molecule is COc1ccc(-c2nn3cnnc3s2)cc1NC(=O)COc1ccc(C(C)(C)C)cc1. The summed E-state index contributed by atoms with van der Waals surface area (Å²) < 4.78 is 12.6. The van der Waals surface area contributed by atoms with Gasteiger partial charge >= 0.3 is 0 Å². The zero-order chi connectivity index (χ0) is 22.0. The highest BCUT2D eigenvalue weighted by molar-refractivity contribution is 7.19. The number of carbonyl (C=O) groups excluding carboxylic acids is 1. The van der Waals surface area contributed by atoms with E-state index in [0.29, 0.717) is 22.1 Å². The van der Waals surface area contributed by atoms with E-state index in [9.17, 15) is 4.79 Å². The van der Waals surface area contributed by atoms with Gasteiger partial charge in [-0.2, -0.15) is 9.61 Å². The van der Waals surface area contributed by atoms with Gasteiger partial charge in [0.2, 0.25) is 4.96 Å². The third kappa shape index (κ3) is 4.66. The van der Waals surface area contributed by atoms with Crippen LogP contribution in [0.4, 0.5) is 5.69 Å². The van der Waals surface area contributed by atoms with E-state index in [2.05, 4.69) is 41.4 Å². The number of methoxy groups -OCH3 is 1. The van der Waals surface area contributed by atoms with Crippen LogP contribution in [-0.4, -0.2) is 39.4 Å². The number of hydrogen-bond donors (Lipinski definition) is 1. The highest BCUT2D eigenvalue weighted by Crippen LogP contribution is 2.32. The van der Waals surface area contributed by atoms with Gasteiger partial charge in [-0.25, -0.2) is 0 Å². The molecule has 0 aliphatic carbocycles. The first-order valence-corrected chi connectivity index (χ1v) is 10.5. The van der Waals surface area contributed by atoms with Gasteiger partial charge in [0.25, 0.3) is 5.91 Å². The number of benzene rings is 2. The Bertz CT molecular complexity index is 1180. The fraction of sp³-hybridized carbons (Fsp3) is 0.273. The predicted molar refractivity (Wildman–Crippen MR) is 120 cm³/mol. The monoisotopic (exact) mass is 437 g/mol. The second-order valence-electron chi connectivity index (χ2n) is 7.99. The average molecular weight is 438 g/mol. The van der Waals surface area contributed by atoms with Gasteiger partial charge in [-0.1, -0.05) is 44.2 Å². The molecule has 0 unspecified atom stereocenters. The van der Waals surface area contributed by atoms with Crippen LogP contribution >= 0.6 is 11.3 Å². The van der Waals surface area contributed by atoms with Gasteiger partial charge in [0, 0.05) is 5.56 Å². The molecule has 4 aromatic rings. The topological polar surface area (TPSA) is 90.6 Å². The summed E-state index contributed by atoms with van der Waals surface area (Å²) in [6.07, 6.45) is 1.55. The Kier molecular flexibility index (Phi) is 5.60. The van der Waals surface area contributed by atoms with E-state index in [4.69, 9.17) is 9.47 Å². The van der Waals surface area contributed by atoms with Gasteiger partial charge in [0.1, 0.15) is 22.8 Å². The number of ether oxygens (including phenoxy) is 2. The summed E-state index contributed by atoms with van der Waals surface area (Å²) in [5, 5.41) is 15.9. The largest absolute Gasteiger partial charge is 0.495 e. The maximum Gasteiger partial charge on any atom is 0.262 e. The van der Waals surface area contributed by atoms with Crippen molar-refractivity contribution >= 4 is 27.9 Å². The number of nitrogens with zero attached hydrogens (tertiary/aromatic N) is 4. The van der Waals surface area contributed by atoms with E-state index in [1.54, 1.807) is 24.0 Å². The van der Waals surface area contributed by atoms with Gasteiger partial charge in [0.05, 0.1) is 12.8 Å². The van der Waals surface area contributed by atoms with Crippen molar-refractivity contribution in [2.45, 2.75) is 26.2 Å². The van der Waals surface area contributed by atoms with E-state index in [1.807, 2.05) is 36.4 Å². The number of amides is 1. The highest BCUT2D eigenvalue weighted by atomic mass is 32.1. The number of hydrogen-bond acceptors (Lipinski definition) is 7. The Morgan fingerprint density at radius 3 is 2.61 bits per heavy atom. The predicted octanol–water partition coefficient (Wildman–Crippen LogP) is 4.18. The van der Waals surface area contributed by atoms with Crippen molar-refractivity contribution in [3.05, 3.63) is 54.4 Å². The number of rotatable bonds is 6. The Morgan fingerprint density at radius 2 is 1.94 bits per heavy atom. The molecule has 0 fully saturated rings. The van der Waals surface area contributed by atoms with Gasteiger partial charge in [-0.3, -0.25) is 4.79 Å². The smallest absolute Gasteiger partial charge is 0.262 e. The fourth-order valence-corrected chi connectivity index (χ4v) is 3.82. The zero-order valence-corrected chi connectivity index (χ0v) is 18.6. The lowest BCUT2D eigenvalue weighted by Gasteiger charge is -2.19. The van der Waals surface area contributed by atoms with Crippen LogP contribution in [-0.2, 0) is 10.2 Å². The van der Waals surface area contributed by atoms with Crippen LogP contribution in [0.2, 0.25) is 0 Å². The van der Waals surface area contributed by atoms with Crippen LogP contribution in [0.1, 0.15) is 26.3 Å². The quantitative estimate of drug-likeness (QED) is 0.487. The van der Waals surface area contributed by atoms with Crippen LogP contribution in [0.15, 0.2) is 48.8 Å². The minimum Gasteiger partial charge on any atom is -0.495 e. The van der Waals surface area contributed by atoms with Crippen molar-refractivity contribution in [3.63, 3.8) is 0 Å². The molecule has 1 N–H and O–H groups in total. The third-order valence-electron chi connectivity index (χ3n) is 4.70. The van der Waals surface area contributed by atoms with Crippen LogP contribution < -0.4 is 14.8 Å². The first kappa shape index (κ1) is 20.8. The molecule has 1 amide bonds. The van der Waals surface area contributed by atoms with Crippen molar-refractivity contribution in [2.24, 2.45) is 0 Å². The van der Waals surface area contributed by atoms with Gasteiger partial charge in [0.15, 0.2) is 6.61 Å². The Balaban J connectivity index is 1.45. The summed E-state index contributed by atoms with van der Waals surface area (Å²) in [4.78, 5) is 13.2. The van der Waals surface area contributed by atoms with Gasteiger partial charge < -0.3 is 14.8 Å². The van der Waals surface area contributed by atoms with Gasteiger partial charge in [-0.05, 0) is 41.3 Å². The summed E-state index contributed by atoms with van der Waals surface area (Å²) in [7, 11) is 1.56. The Morgan fingerprint density at radius 1 is 1.16 bits per heavy atom. The standard InChI is InChI=1S/C22H23N5O3S/c1-22(2,3)15-6-8-16(9-7-15)30-12-19(28)24-17-11-14(5-10-18(17)29-4)20-26-27-13-23-25-21(27)31-20/h5-11,13H,12H2,1-4H3,(H,24,28). The molecular weight excluding hydrogens is 414 g/mol. The third-order valence-corrected chi connectivity index (χ3v) is 5.66. The number of aromatic nitrogens is 4. The maximum absolute atomic E-state index is 12.5. The van der Waals surface area contributed by atoms with Crippen molar-refractivity contribution in [2.75, 3.05) is 19.0 Å². The fourth-order valence-electron chi connectivity index (χ4n) is 3.00. The molecule has 2 aromatic heterocycles. The van der Waals surface area contributed by atoms with Crippen LogP contribution in [0.25, 0.3) is 15.5 Å². The second kappa shape index (κ2) is 8.35. The van der Waals surface area contributed by atoms with Crippen LogP contribution in [0.5, 0.6) is 11.5 Å². The number of fused-ring (bicyclic) bond motifs is 1. The minimum atomic E-state index is -0.284.